The first-order valence-corrected chi connectivity index (χ1v) is 22.0. The SMILES string of the molecule is O=C(CCCCCCCCCCSSCCCCCCCCCCC(=O)ON1C(=O)CCC1=O)Cc1ccc2ccc3cccc4ccc1c2c34. The normalized spacial score (nSPS) is 13.4. The zero-order valence-corrected chi connectivity index (χ0v) is 31.9. The molecule has 1 heterocycles. The summed E-state index contributed by atoms with van der Waals surface area (Å²) in [6, 6.07) is 19.6. The van der Waals surface area contributed by atoms with Crippen LogP contribution in [0.4, 0.5) is 0 Å². The van der Waals surface area contributed by atoms with Gasteiger partial charge in [-0.05, 0) is 63.6 Å². The van der Waals surface area contributed by atoms with Crippen molar-refractivity contribution in [1.82, 2.24) is 5.06 Å². The van der Waals surface area contributed by atoms with Crippen LogP contribution < -0.4 is 0 Å². The number of amides is 2. The van der Waals surface area contributed by atoms with Gasteiger partial charge >= 0.3 is 5.97 Å². The Labute approximate surface area is 311 Å². The number of imide groups is 1. The van der Waals surface area contributed by atoms with E-state index in [-0.39, 0.29) is 19.3 Å². The zero-order valence-electron chi connectivity index (χ0n) is 30.3. The lowest BCUT2D eigenvalue weighted by Gasteiger charge is -2.13. The molecule has 0 spiro atoms. The van der Waals surface area contributed by atoms with Gasteiger partial charge in [-0.15, -0.1) is 5.06 Å². The van der Waals surface area contributed by atoms with Crippen LogP contribution >= 0.6 is 21.6 Å². The molecule has 0 atom stereocenters. The van der Waals surface area contributed by atoms with Crippen LogP contribution in [0.3, 0.4) is 0 Å². The third-order valence-electron chi connectivity index (χ3n) is 10.1. The van der Waals surface area contributed by atoms with Gasteiger partial charge in [0.2, 0.25) is 0 Å². The smallest absolute Gasteiger partial charge is 0.330 e. The molecule has 2 amide bonds. The number of nitrogens with zero attached hydrogens (tertiary/aromatic N) is 1. The fourth-order valence-corrected chi connectivity index (χ4v) is 9.50. The molecule has 0 radical (unpaired) electrons. The first-order valence-electron chi connectivity index (χ1n) is 19.5. The Morgan fingerprint density at radius 3 is 1.61 bits per heavy atom. The number of carbonyl (C=O) groups excluding carboxylic acids is 4. The highest BCUT2D eigenvalue weighted by Gasteiger charge is 2.32. The van der Waals surface area contributed by atoms with Gasteiger partial charge in [0.25, 0.3) is 11.8 Å². The monoisotopic (exact) mass is 729 g/mol. The highest BCUT2D eigenvalue weighted by Crippen LogP contribution is 2.36. The van der Waals surface area contributed by atoms with Crippen LogP contribution in [0.15, 0.2) is 54.6 Å². The van der Waals surface area contributed by atoms with Gasteiger partial charge in [0, 0.05) is 43.6 Å². The molecule has 6 nitrogen and oxygen atoms in total. The molecule has 5 rings (SSSR count). The van der Waals surface area contributed by atoms with Crippen LogP contribution in [0.25, 0.3) is 32.3 Å². The quantitative estimate of drug-likeness (QED) is 0.0275. The Hall–Kier alpha value is -3.10. The summed E-state index contributed by atoms with van der Waals surface area (Å²) in [7, 11) is 4.05. The van der Waals surface area contributed by atoms with Crippen LogP contribution in [-0.4, -0.2) is 40.1 Å². The summed E-state index contributed by atoms with van der Waals surface area (Å²) in [5.41, 5.74) is 1.16. The molecule has 1 aliphatic heterocycles. The van der Waals surface area contributed by atoms with Gasteiger partial charge in [-0.1, -0.05) is 153 Å². The van der Waals surface area contributed by atoms with Crippen molar-refractivity contribution < 1.29 is 24.0 Å². The maximum atomic E-state index is 12.9. The van der Waals surface area contributed by atoms with Crippen molar-refractivity contribution >= 4 is 77.5 Å². The van der Waals surface area contributed by atoms with Crippen LogP contribution in [0, 0.1) is 0 Å². The van der Waals surface area contributed by atoms with Gasteiger partial charge in [-0.25, -0.2) is 4.79 Å². The predicted octanol–water partition coefficient (Wildman–Crippen LogP) is 11.7. The summed E-state index contributed by atoms with van der Waals surface area (Å²) in [4.78, 5) is 52.6. The second-order valence-electron chi connectivity index (χ2n) is 14.1. The third kappa shape index (κ3) is 12.2. The zero-order chi connectivity index (χ0) is 35.7. The van der Waals surface area contributed by atoms with Crippen LogP contribution in [0.2, 0.25) is 0 Å². The molecular weight excluding hydrogens is 675 g/mol. The van der Waals surface area contributed by atoms with Crippen molar-refractivity contribution in [3.63, 3.8) is 0 Å². The van der Waals surface area contributed by atoms with Gasteiger partial charge in [-0.3, -0.25) is 14.4 Å². The number of carbonyl (C=O) groups is 4. The molecular formula is C43H55NO5S2. The summed E-state index contributed by atoms with van der Waals surface area (Å²) < 4.78 is 0. The van der Waals surface area contributed by atoms with Crippen molar-refractivity contribution in [2.45, 2.75) is 135 Å². The third-order valence-corrected chi connectivity index (χ3v) is 12.7. The molecule has 1 aliphatic rings. The maximum absolute atomic E-state index is 12.9. The van der Waals surface area contributed by atoms with Crippen molar-refractivity contribution in [1.29, 1.82) is 0 Å². The number of benzene rings is 4. The molecule has 0 N–H and O–H groups in total. The number of ketones is 1. The van der Waals surface area contributed by atoms with Crippen molar-refractivity contribution in [2.75, 3.05) is 11.5 Å². The first kappa shape index (κ1) is 39.1. The van der Waals surface area contributed by atoms with E-state index in [1.807, 2.05) is 21.6 Å². The molecule has 0 unspecified atom stereocenters. The number of Topliss-reactive ketones (excluding diaryl/α,β-unsaturated/α-hetero) is 1. The van der Waals surface area contributed by atoms with Crippen LogP contribution in [0.1, 0.15) is 134 Å². The average Bonchev–Trinajstić information content (AvgIpc) is 3.45. The molecule has 0 bridgehead atoms. The van der Waals surface area contributed by atoms with Gasteiger partial charge in [0.05, 0.1) is 0 Å². The van der Waals surface area contributed by atoms with E-state index in [9.17, 15) is 19.2 Å². The van der Waals surface area contributed by atoms with E-state index < -0.39 is 17.8 Å². The van der Waals surface area contributed by atoms with Gasteiger partial charge in [0.1, 0.15) is 5.78 Å². The van der Waals surface area contributed by atoms with Crippen LogP contribution in [-0.2, 0) is 30.4 Å². The number of unbranched alkanes of at least 4 members (excludes halogenated alkanes) is 14. The number of hydrogen-bond donors (Lipinski definition) is 0. The van der Waals surface area contributed by atoms with Crippen molar-refractivity contribution in [2.24, 2.45) is 0 Å². The standard InChI is InChI=1S/C43H55NO5S2/c45-37(32-36-25-24-35-23-22-33-18-17-19-34-26-27-38(36)43(35)42(33)34)20-13-9-5-1-3-7-11-15-30-50-51-31-16-12-8-4-2-6-10-14-21-41(48)49-44-39(46)28-29-40(44)47/h17-19,22-27H,1-16,20-21,28-32H2. The van der Waals surface area contributed by atoms with Gasteiger partial charge < -0.3 is 4.84 Å². The Morgan fingerprint density at radius 1 is 0.549 bits per heavy atom. The largest absolute Gasteiger partial charge is 0.333 e. The summed E-state index contributed by atoms with van der Waals surface area (Å²) in [5.74, 6) is 1.51. The molecule has 1 saturated heterocycles. The summed E-state index contributed by atoms with van der Waals surface area (Å²) in [6.07, 6.45) is 20.7. The van der Waals surface area contributed by atoms with Gasteiger partial charge in [0.15, 0.2) is 0 Å². The molecule has 0 aliphatic carbocycles. The van der Waals surface area contributed by atoms with Crippen molar-refractivity contribution in [3.05, 3.63) is 60.2 Å². The minimum Gasteiger partial charge on any atom is -0.330 e. The molecule has 0 saturated carbocycles. The van der Waals surface area contributed by atoms with Crippen molar-refractivity contribution in [3.8, 4) is 0 Å². The fourth-order valence-electron chi connectivity index (χ4n) is 7.21. The Balaban J connectivity index is 0.771. The first-order chi connectivity index (χ1) is 25.0. The number of hydrogen-bond acceptors (Lipinski definition) is 7. The minimum atomic E-state index is -0.491. The molecule has 0 aromatic heterocycles. The van der Waals surface area contributed by atoms with E-state index in [1.165, 1.54) is 114 Å². The fraction of sp³-hybridized carbons (Fsp3) is 0.535. The van der Waals surface area contributed by atoms with E-state index in [0.717, 1.165) is 37.7 Å². The van der Waals surface area contributed by atoms with E-state index in [1.54, 1.807) is 0 Å². The highest BCUT2D eigenvalue weighted by molar-refractivity contribution is 8.76. The highest BCUT2D eigenvalue weighted by atomic mass is 33.1. The molecule has 4 aromatic carbocycles. The lowest BCUT2D eigenvalue weighted by atomic mass is 9.90. The lowest BCUT2D eigenvalue weighted by Crippen LogP contribution is -2.31. The topological polar surface area (TPSA) is 80.8 Å². The molecule has 51 heavy (non-hydrogen) atoms. The van der Waals surface area contributed by atoms with E-state index in [2.05, 4.69) is 54.6 Å². The Bertz CT molecular complexity index is 1690. The maximum Gasteiger partial charge on any atom is 0.333 e. The number of hydroxylamine groups is 2. The minimum absolute atomic E-state index is 0.131. The Kier molecular flexibility index (Phi) is 16.4. The molecule has 1 fully saturated rings. The second kappa shape index (κ2) is 21.4. The molecule has 4 aromatic rings. The van der Waals surface area contributed by atoms with E-state index in [4.69, 9.17) is 4.84 Å². The van der Waals surface area contributed by atoms with Crippen LogP contribution in [0.5, 0.6) is 0 Å². The lowest BCUT2D eigenvalue weighted by molar-refractivity contribution is -0.197. The average molecular weight is 730 g/mol. The summed E-state index contributed by atoms with van der Waals surface area (Å²) in [6.45, 7) is 0. The number of rotatable bonds is 26. The van der Waals surface area contributed by atoms with E-state index in [0.29, 0.717) is 23.7 Å². The predicted molar refractivity (Wildman–Crippen MR) is 214 cm³/mol. The Morgan fingerprint density at radius 2 is 1.02 bits per heavy atom. The second-order valence-corrected chi connectivity index (χ2v) is 16.8. The summed E-state index contributed by atoms with van der Waals surface area (Å²) in [5, 5.41) is 8.27. The van der Waals surface area contributed by atoms with E-state index >= 15 is 0 Å². The van der Waals surface area contributed by atoms with Gasteiger partial charge in [-0.2, -0.15) is 0 Å². The summed E-state index contributed by atoms with van der Waals surface area (Å²) >= 11 is 0. The molecule has 8 heteroatoms. The molecule has 274 valence electrons.